The maximum atomic E-state index is 8.06. The molecule has 0 aromatic carbocycles. The average Bonchev–Trinajstić information content (AvgIpc) is 1.54. The molecule has 0 rings (SSSR count). The first-order valence-electron chi connectivity index (χ1n) is 4.24. The molecule has 1 radical (unpaired) electrons. The van der Waals surface area contributed by atoms with Crippen molar-refractivity contribution in [2.75, 3.05) is 0 Å². The van der Waals surface area contributed by atoms with Crippen molar-refractivity contribution in [2.24, 2.45) is 0 Å². The van der Waals surface area contributed by atoms with E-state index in [1.54, 1.807) is 41.5 Å². The van der Waals surface area contributed by atoms with E-state index in [-0.39, 0.29) is 56.1 Å². The van der Waals surface area contributed by atoms with Crippen LogP contribution in [0.1, 0.15) is 41.5 Å². The van der Waals surface area contributed by atoms with Crippen LogP contribution in [0.5, 0.6) is 0 Å². The van der Waals surface area contributed by atoms with Gasteiger partial charge in [-0.05, 0) is 41.5 Å². The van der Waals surface area contributed by atoms with Crippen LogP contribution in [0.3, 0.4) is 0 Å². The summed E-state index contributed by atoms with van der Waals surface area (Å²) < 4.78 is 0. The van der Waals surface area contributed by atoms with Crippen LogP contribution in [-0.4, -0.2) is 33.6 Å². The molecule has 0 saturated carbocycles. The first-order chi connectivity index (χ1) is 5.20. The number of hydrogen-bond donors (Lipinski definition) is 3. The second-order valence-corrected chi connectivity index (χ2v) is 3.28. The Hall–Kier alpha value is 1.14. The summed E-state index contributed by atoms with van der Waals surface area (Å²) in [6.45, 7) is 10.3. The van der Waals surface area contributed by atoms with Crippen LogP contribution in [0.4, 0.5) is 0 Å². The van der Waals surface area contributed by atoms with E-state index in [0.29, 0.717) is 0 Å². The topological polar surface area (TPSA) is 60.7 Å². The first-order valence-corrected chi connectivity index (χ1v) is 4.24. The van der Waals surface area contributed by atoms with E-state index in [2.05, 4.69) is 0 Å². The molecule has 13 heavy (non-hydrogen) atoms. The average molecular weight is 345 g/mol. The summed E-state index contributed by atoms with van der Waals surface area (Å²) in [5.74, 6) is 0. The van der Waals surface area contributed by atoms with Crippen molar-refractivity contribution in [3.8, 4) is 0 Å². The number of hydrogen-bond acceptors (Lipinski definition) is 3. The molecule has 3 N–H and O–H groups in total. The molecule has 0 aliphatic rings. The zero-order valence-corrected chi connectivity index (χ0v) is 11.3. The predicted molar refractivity (Wildman–Crippen MR) is 52.1 cm³/mol. The monoisotopic (exact) mass is 345 g/mol. The van der Waals surface area contributed by atoms with Crippen molar-refractivity contribution in [2.45, 2.75) is 59.9 Å². The molecule has 0 bridgehead atoms. The molecule has 0 aromatic rings. The molecule has 4 heteroatoms. The Balaban J connectivity index is -0.0000000450. The molecule has 0 aliphatic carbocycles. The number of rotatable bonds is 0. The third kappa shape index (κ3) is 1260. The van der Waals surface area contributed by atoms with Crippen molar-refractivity contribution in [1.29, 1.82) is 0 Å². The van der Waals surface area contributed by atoms with Crippen molar-refractivity contribution in [1.82, 2.24) is 0 Å². The van der Waals surface area contributed by atoms with E-state index >= 15 is 0 Å². The summed E-state index contributed by atoms with van der Waals surface area (Å²) in [5.41, 5.74) is 0. The molecule has 0 heterocycles. The second kappa shape index (κ2) is 18.8. The smallest absolute Gasteiger partial charge is 0.0483 e. The Morgan fingerprint density at radius 1 is 0.538 bits per heavy atom. The van der Waals surface area contributed by atoms with E-state index in [4.69, 9.17) is 15.3 Å². The van der Waals surface area contributed by atoms with Crippen LogP contribution in [-0.2, 0) is 0 Å². The Morgan fingerprint density at radius 3 is 0.538 bits per heavy atom. The summed E-state index contributed by atoms with van der Waals surface area (Å²) in [6.07, 6.45) is -0.500. The molecule has 0 aliphatic heterocycles. The summed E-state index contributed by atoms with van der Waals surface area (Å²) in [5, 5.41) is 24.2. The van der Waals surface area contributed by atoms with Gasteiger partial charge in [-0.25, -0.2) is 0 Å². The number of aliphatic hydroxyl groups excluding tert-OH is 3. The molecule has 3 nitrogen and oxygen atoms in total. The SMILES string of the molecule is CC(C)O.CC(C)O.CC(C)O.[Ho]. The molecule has 0 amide bonds. The van der Waals surface area contributed by atoms with E-state index in [1.807, 2.05) is 0 Å². The molecule has 0 fully saturated rings. The van der Waals surface area contributed by atoms with Crippen LogP contribution in [0.15, 0.2) is 0 Å². The van der Waals surface area contributed by atoms with Gasteiger partial charge in [0.05, 0.1) is 0 Å². The van der Waals surface area contributed by atoms with Gasteiger partial charge in [0.15, 0.2) is 0 Å². The van der Waals surface area contributed by atoms with Crippen LogP contribution >= 0.6 is 0 Å². The first kappa shape index (κ1) is 23.7. The van der Waals surface area contributed by atoms with Gasteiger partial charge in [0.2, 0.25) is 0 Å². The van der Waals surface area contributed by atoms with Gasteiger partial charge < -0.3 is 15.3 Å². The molecule has 0 aromatic heterocycles. The fourth-order valence-corrected chi connectivity index (χ4v) is 0. The van der Waals surface area contributed by atoms with E-state index < -0.39 is 0 Å². The van der Waals surface area contributed by atoms with Gasteiger partial charge in [-0.15, -0.1) is 0 Å². The Labute approximate surface area is 112 Å². The molecule has 0 atom stereocenters. The maximum absolute atomic E-state index is 8.06. The van der Waals surface area contributed by atoms with E-state index in [0.717, 1.165) is 0 Å². The minimum Gasteiger partial charge on any atom is -0.394 e. The maximum Gasteiger partial charge on any atom is 0.0483 e. The van der Waals surface area contributed by atoms with Gasteiger partial charge in [0.1, 0.15) is 0 Å². The Bertz CT molecular complexity index is 43.4. The summed E-state index contributed by atoms with van der Waals surface area (Å²) >= 11 is 0. The summed E-state index contributed by atoms with van der Waals surface area (Å²) in [7, 11) is 0. The van der Waals surface area contributed by atoms with E-state index in [1.165, 1.54) is 0 Å². The van der Waals surface area contributed by atoms with E-state index in [9.17, 15) is 0 Å². The largest absolute Gasteiger partial charge is 0.394 e. The zero-order chi connectivity index (χ0) is 10.7. The van der Waals surface area contributed by atoms with Crippen LogP contribution in [0.25, 0.3) is 0 Å². The van der Waals surface area contributed by atoms with Crippen molar-refractivity contribution < 1.29 is 53.1 Å². The van der Waals surface area contributed by atoms with Gasteiger partial charge in [0.25, 0.3) is 0 Å². The van der Waals surface area contributed by atoms with Gasteiger partial charge in [-0.1, -0.05) is 0 Å². The van der Waals surface area contributed by atoms with Gasteiger partial charge in [-0.3, -0.25) is 0 Å². The quantitative estimate of drug-likeness (QED) is 0.578. The molecule has 0 unspecified atom stereocenters. The van der Waals surface area contributed by atoms with Gasteiger partial charge in [-0.2, -0.15) is 0 Å². The fraction of sp³-hybridized carbons (Fsp3) is 1.00. The van der Waals surface area contributed by atoms with Crippen molar-refractivity contribution in [3.63, 3.8) is 0 Å². The minimum absolute atomic E-state index is 0. The molecule has 89 valence electrons. The molecular weight excluding hydrogens is 321 g/mol. The predicted octanol–water partition coefficient (Wildman–Crippen LogP) is 1.16. The third-order valence-electron chi connectivity index (χ3n) is 0. The van der Waals surface area contributed by atoms with Crippen LogP contribution < -0.4 is 0 Å². The van der Waals surface area contributed by atoms with Crippen LogP contribution in [0.2, 0.25) is 0 Å². The van der Waals surface area contributed by atoms with Gasteiger partial charge >= 0.3 is 0 Å². The minimum atomic E-state index is -0.167. The van der Waals surface area contributed by atoms with Crippen LogP contribution in [0, 0.1) is 37.7 Å². The molecule has 0 saturated heterocycles. The Kier molecular flexibility index (Phi) is 34.4. The summed E-state index contributed by atoms with van der Waals surface area (Å²) in [4.78, 5) is 0. The van der Waals surface area contributed by atoms with Gasteiger partial charge in [0, 0.05) is 56.1 Å². The Morgan fingerprint density at radius 2 is 0.538 bits per heavy atom. The standard InChI is InChI=1S/3C3H8O.Ho/c3*1-3(2)4;/h3*3-4H,1-2H3;. The zero-order valence-electron chi connectivity index (χ0n) is 9.38. The normalized spacial score (nSPS) is 8.31. The number of aliphatic hydroxyl groups is 3. The summed E-state index contributed by atoms with van der Waals surface area (Å²) in [6, 6.07) is 0. The molecular formula is C9H24HoO3. The van der Waals surface area contributed by atoms with Crippen molar-refractivity contribution in [3.05, 3.63) is 0 Å². The molecule has 0 spiro atoms. The second-order valence-electron chi connectivity index (χ2n) is 3.28. The third-order valence-corrected chi connectivity index (χ3v) is 0. The van der Waals surface area contributed by atoms with Crippen molar-refractivity contribution >= 4 is 0 Å². The fourth-order valence-electron chi connectivity index (χ4n) is 0.